The van der Waals surface area contributed by atoms with E-state index in [1.165, 1.54) is 24.3 Å². The Bertz CT molecular complexity index is 1320. The third-order valence-electron chi connectivity index (χ3n) is 4.04. The highest BCUT2D eigenvalue weighted by molar-refractivity contribution is 9.10. The van der Waals surface area contributed by atoms with Crippen LogP contribution in [0.25, 0.3) is 12.2 Å². The second-order valence-corrected chi connectivity index (χ2v) is 11.8. The van der Waals surface area contributed by atoms with Gasteiger partial charge in [-0.05, 0) is 65.7 Å². The lowest BCUT2D eigenvalue weighted by molar-refractivity contribution is 0.594. The van der Waals surface area contributed by atoms with Crippen molar-refractivity contribution < 1.29 is 16.8 Å². The number of hydrogen-bond donors (Lipinski definition) is 0. The Kier molecular flexibility index (Phi) is 7.84. The van der Waals surface area contributed by atoms with Crippen LogP contribution < -0.4 is 3.71 Å². The molecule has 0 aliphatic rings. The molecule has 3 aromatic carbocycles. The molecule has 5 nitrogen and oxygen atoms in total. The van der Waals surface area contributed by atoms with Crippen LogP contribution in [0, 0.1) is 0 Å². The first-order valence-corrected chi connectivity index (χ1v) is 13.6. The van der Waals surface area contributed by atoms with E-state index in [1.54, 1.807) is 60.7 Å². The van der Waals surface area contributed by atoms with Crippen molar-refractivity contribution in [1.82, 2.24) is 0 Å². The molecule has 166 valence electrons. The molecule has 3 aromatic rings. The van der Waals surface area contributed by atoms with Crippen LogP contribution in [0.4, 0.5) is 5.69 Å². The van der Waals surface area contributed by atoms with Gasteiger partial charge in [-0.25, -0.2) is 16.8 Å². The normalized spacial score (nSPS) is 12.5. The first kappa shape index (κ1) is 24.5. The lowest BCUT2D eigenvalue weighted by Gasteiger charge is -2.21. The third-order valence-corrected chi connectivity index (χ3v) is 8.56. The number of halogens is 3. The van der Waals surface area contributed by atoms with Gasteiger partial charge < -0.3 is 0 Å². The number of anilines is 1. The summed E-state index contributed by atoms with van der Waals surface area (Å²) in [6.07, 6.45) is 2.56. The zero-order valence-electron chi connectivity index (χ0n) is 16.3. The monoisotopic (exact) mass is 571 g/mol. The molecule has 0 spiro atoms. The molecule has 0 saturated heterocycles. The Morgan fingerprint density at radius 3 is 1.59 bits per heavy atom. The smallest absolute Gasteiger partial charge is 0.201 e. The maximum Gasteiger partial charge on any atom is 0.270 e. The molecule has 0 saturated carbocycles. The molecule has 0 bridgehead atoms. The van der Waals surface area contributed by atoms with Gasteiger partial charge in [0.15, 0.2) is 0 Å². The number of benzene rings is 3. The molecular weight excluding hydrogens is 557 g/mol. The summed E-state index contributed by atoms with van der Waals surface area (Å²) in [7, 11) is -8.90. The van der Waals surface area contributed by atoms with E-state index in [-0.39, 0.29) is 5.69 Å². The quantitative estimate of drug-likeness (QED) is 0.321. The van der Waals surface area contributed by atoms with Crippen molar-refractivity contribution in [3.63, 3.8) is 0 Å². The van der Waals surface area contributed by atoms with Crippen molar-refractivity contribution in [2.75, 3.05) is 3.71 Å². The average molecular weight is 573 g/mol. The fourth-order valence-electron chi connectivity index (χ4n) is 2.69. The lowest BCUT2D eigenvalue weighted by atomic mass is 10.2. The van der Waals surface area contributed by atoms with Gasteiger partial charge >= 0.3 is 0 Å². The largest absolute Gasteiger partial charge is 0.270 e. The van der Waals surface area contributed by atoms with E-state index in [9.17, 15) is 16.8 Å². The summed E-state index contributed by atoms with van der Waals surface area (Å²) in [5.74, 6) is 0. The summed E-state index contributed by atoms with van der Waals surface area (Å²) in [6.45, 7) is 0. The molecule has 0 fully saturated rings. The van der Waals surface area contributed by atoms with Gasteiger partial charge in [0.1, 0.15) is 0 Å². The fraction of sp³-hybridized carbons (Fsp3) is 0. The molecule has 0 amide bonds. The minimum Gasteiger partial charge on any atom is -0.201 e. The summed E-state index contributed by atoms with van der Waals surface area (Å²) in [5, 5.41) is 2.49. The van der Waals surface area contributed by atoms with Gasteiger partial charge in [0.25, 0.3) is 20.0 Å². The van der Waals surface area contributed by atoms with Crippen LogP contribution in [0.5, 0.6) is 0 Å². The summed E-state index contributed by atoms with van der Waals surface area (Å²) in [5.41, 5.74) is 0.954. The maximum atomic E-state index is 13.2. The minimum absolute atomic E-state index is 0.0501. The number of rotatable bonds is 7. The summed E-state index contributed by atoms with van der Waals surface area (Å²) in [6, 6.07) is 19.0. The van der Waals surface area contributed by atoms with Crippen LogP contribution in [0.15, 0.2) is 88.1 Å². The molecule has 0 aromatic heterocycles. The van der Waals surface area contributed by atoms with E-state index < -0.39 is 20.0 Å². The average Bonchev–Trinajstić information content (AvgIpc) is 2.71. The highest BCUT2D eigenvalue weighted by Gasteiger charge is 2.31. The van der Waals surface area contributed by atoms with Crippen molar-refractivity contribution >= 4 is 77.0 Å². The predicted molar refractivity (Wildman–Crippen MR) is 135 cm³/mol. The Hall–Kier alpha value is -2.10. The van der Waals surface area contributed by atoms with Gasteiger partial charge in [-0.1, -0.05) is 69.5 Å². The fourth-order valence-corrected chi connectivity index (χ4v) is 6.62. The molecule has 32 heavy (non-hydrogen) atoms. The van der Waals surface area contributed by atoms with E-state index >= 15 is 0 Å². The van der Waals surface area contributed by atoms with E-state index in [2.05, 4.69) is 15.9 Å². The van der Waals surface area contributed by atoms with Gasteiger partial charge in [-0.3, -0.25) is 0 Å². The molecule has 0 radical (unpaired) electrons. The van der Waals surface area contributed by atoms with Gasteiger partial charge in [-0.2, -0.15) is 3.71 Å². The molecule has 0 atom stereocenters. The molecular formula is C22H16BrCl2NO4S2. The summed E-state index contributed by atoms with van der Waals surface area (Å²) < 4.78 is 53.6. The molecule has 3 rings (SSSR count). The lowest BCUT2D eigenvalue weighted by Crippen LogP contribution is -2.34. The van der Waals surface area contributed by atoms with Gasteiger partial charge in [0.05, 0.1) is 16.5 Å². The van der Waals surface area contributed by atoms with Crippen molar-refractivity contribution in [2.45, 2.75) is 0 Å². The Balaban J connectivity index is 2.07. The maximum absolute atomic E-state index is 13.2. The second kappa shape index (κ2) is 10.2. The first-order chi connectivity index (χ1) is 15.1. The Morgan fingerprint density at radius 1 is 0.688 bits per heavy atom. The Morgan fingerprint density at radius 2 is 1.16 bits per heavy atom. The van der Waals surface area contributed by atoms with Crippen molar-refractivity contribution in [3.8, 4) is 0 Å². The number of sulfonamides is 2. The van der Waals surface area contributed by atoms with Gasteiger partial charge in [-0.15, -0.1) is 0 Å². The van der Waals surface area contributed by atoms with Crippen LogP contribution in [-0.2, 0) is 20.0 Å². The standard InChI is InChI=1S/C22H16BrCl2NO4S2/c23-19-6-3-9-22(16-19)26(31(27,28)12-10-17-4-1-7-20(24)14-17)32(29,30)13-11-18-5-2-8-21(25)15-18/h1-16H/b12-10+,13-11+. The number of nitrogens with zero attached hydrogens (tertiary/aromatic N) is 1. The molecule has 0 aliphatic carbocycles. The highest BCUT2D eigenvalue weighted by Crippen LogP contribution is 2.28. The zero-order valence-corrected chi connectivity index (χ0v) is 21.0. The van der Waals surface area contributed by atoms with Crippen molar-refractivity contribution in [3.05, 3.63) is 109 Å². The third kappa shape index (κ3) is 6.46. The first-order valence-electron chi connectivity index (χ1n) is 9.00. The predicted octanol–water partition coefficient (Wildman–Crippen LogP) is 6.56. The topological polar surface area (TPSA) is 71.5 Å². The summed E-state index contributed by atoms with van der Waals surface area (Å²) >= 11 is 15.1. The highest BCUT2D eigenvalue weighted by atomic mass is 79.9. The summed E-state index contributed by atoms with van der Waals surface area (Å²) in [4.78, 5) is 0. The minimum atomic E-state index is -4.45. The molecule has 0 heterocycles. The van der Waals surface area contributed by atoms with Crippen LogP contribution in [0.3, 0.4) is 0 Å². The van der Waals surface area contributed by atoms with Crippen molar-refractivity contribution in [2.24, 2.45) is 0 Å². The van der Waals surface area contributed by atoms with Gasteiger partial charge in [0.2, 0.25) is 0 Å². The molecule has 0 aliphatic heterocycles. The van der Waals surface area contributed by atoms with Crippen LogP contribution in [-0.4, -0.2) is 16.8 Å². The zero-order chi connectivity index (χ0) is 23.4. The van der Waals surface area contributed by atoms with E-state index in [1.807, 2.05) is 0 Å². The Labute approximate surface area is 205 Å². The number of hydrogen-bond acceptors (Lipinski definition) is 4. The molecule has 0 unspecified atom stereocenters. The molecule has 0 N–H and O–H groups in total. The van der Waals surface area contributed by atoms with Crippen LogP contribution >= 0.6 is 39.1 Å². The van der Waals surface area contributed by atoms with Crippen molar-refractivity contribution in [1.29, 1.82) is 0 Å². The van der Waals surface area contributed by atoms with E-state index in [0.29, 0.717) is 29.4 Å². The van der Waals surface area contributed by atoms with Crippen LogP contribution in [0.1, 0.15) is 11.1 Å². The molecule has 10 heteroatoms. The van der Waals surface area contributed by atoms with E-state index in [4.69, 9.17) is 23.2 Å². The van der Waals surface area contributed by atoms with Crippen LogP contribution in [0.2, 0.25) is 10.0 Å². The second-order valence-electron chi connectivity index (χ2n) is 6.48. The van der Waals surface area contributed by atoms with Gasteiger partial charge in [0, 0.05) is 14.5 Å². The SMILES string of the molecule is O=S(=O)(/C=C/c1cccc(Cl)c1)N(c1cccc(Br)c1)S(=O)(=O)/C=C/c1cccc(Cl)c1. The van der Waals surface area contributed by atoms with E-state index in [0.717, 1.165) is 10.8 Å².